The molecule has 0 aliphatic carbocycles. The maximum Gasteiger partial charge on any atom is 0.417 e. The van der Waals surface area contributed by atoms with Crippen LogP contribution < -0.4 is 20.1 Å². The van der Waals surface area contributed by atoms with E-state index in [9.17, 15) is 39.3 Å². The second kappa shape index (κ2) is 13.4. The zero-order valence-corrected chi connectivity index (χ0v) is 26.6. The topological polar surface area (TPSA) is 95.7 Å². The van der Waals surface area contributed by atoms with Gasteiger partial charge in [0.15, 0.2) is 11.0 Å². The van der Waals surface area contributed by atoms with Crippen LogP contribution in [0.3, 0.4) is 0 Å². The summed E-state index contributed by atoms with van der Waals surface area (Å²) in [6.07, 6.45) is -1.52. The predicted octanol–water partition coefficient (Wildman–Crippen LogP) is 7.02. The SMILES string of the molecule is C=C[n+]1c(/C=C/C(C)=C\C=C2\N(C#CN)c3cc(C(F)(F)F)c(Cl)cc3N2CC)n(CCCS(=O)(=O)O)c2cc(C(F)(F)F)ccc21. The summed E-state index contributed by atoms with van der Waals surface area (Å²) in [5.41, 5.74) is 5.19. The standard InChI is InChI=1S/C31H28ClF6N5O3S/c1-4-40-24-10-9-21(30(33,34)35)17-25(24)42(14-6-16-47(44,45)46)28(40)11-7-20(3)8-12-29-41(5-2)27-19-23(32)22(31(36,37)38)18-26(27)43(29)15-13-39/h4,7-12,17-19H,1,5-6,14,16,39H2,2-3H3/p+1. The minimum atomic E-state index is -4.70. The Morgan fingerprint density at radius 3 is 2.40 bits per heavy atom. The first-order chi connectivity index (χ1) is 21.9. The van der Waals surface area contributed by atoms with Gasteiger partial charge in [0.1, 0.15) is 5.82 Å². The number of hydrogen-bond donors (Lipinski definition) is 2. The number of hydrogen-bond acceptors (Lipinski definition) is 5. The Labute approximate surface area is 272 Å². The highest BCUT2D eigenvalue weighted by Gasteiger charge is 2.38. The molecule has 1 aliphatic heterocycles. The summed E-state index contributed by atoms with van der Waals surface area (Å²) in [5, 5.41) is -0.476. The van der Waals surface area contributed by atoms with Crippen molar-refractivity contribution in [3.05, 3.63) is 88.5 Å². The fourth-order valence-corrected chi connectivity index (χ4v) is 5.94. The Balaban J connectivity index is 1.79. The van der Waals surface area contributed by atoms with Gasteiger partial charge in [-0.25, -0.2) is 4.57 Å². The third kappa shape index (κ3) is 7.61. The van der Waals surface area contributed by atoms with E-state index in [4.69, 9.17) is 17.3 Å². The number of imidazole rings is 1. The average molecular weight is 701 g/mol. The summed E-state index contributed by atoms with van der Waals surface area (Å²) in [6, 6.07) is 10.1. The van der Waals surface area contributed by atoms with Crippen molar-refractivity contribution >= 4 is 56.4 Å². The molecule has 0 spiro atoms. The molecule has 250 valence electrons. The van der Waals surface area contributed by atoms with Crippen molar-refractivity contribution in [3.63, 3.8) is 0 Å². The molecule has 0 amide bonds. The first-order valence-electron chi connectivity index (χ1n) is 13.9. The van der Waals surface area contributed by atoms with E-state index in [1.165, 1.54) is 32.4 Å². The van der Waals surface area contributed by atoms with Crippen LogP contribution in [-0.2, 0) is 29.0 Å². The van der Waals surface area contributed by atoms with Gasteiger partial charge in [-0.2, -0.15) is 39.3 Å². The van der Waals surface area contributed by atoms with Gasteiger partial charge < -0.3 is 10.6 Å². The second-order valence-corrected chi connectivity index (χ2v) is 12.3. The quantitative estimate of drug-likeness (QED) is 0.0622. The van der Waals surface area contributed by atoms with Gasteiger partial charge in [-0.1, -0.05) is 35.9 Å². The number of nitrogens with two attached hydrogens (primary N) is 1. The van der Waals surface area contributed by atoms with E-state index < -0.39 is 44.4 Å². The molecule has 1 aliphatic rings. The molecule has 4 rings (SSSR count). The van der Waals surface area contributed by atoms with E-state index >= 15 is 0 Å². The molecule has 0 fully saturated rings. The maximum absolute atomic E-state index is 13.6. The molecule has 2 heterocycles. The number of alkyl halides is 6. The van der Waals surface area contributed by atoms with Crippen molar-refractivity contribution in [2.45, 2.75) is 39.2 Å². The van der Waals surface area contributed by atoms with E-state index in [-0.39, 0.29) is 24.2 Å². The number of aromatic nitrogens is 2. The fourth-order valence-electron chi connectivity index (χ4n) is 5.18. The number of allylic oxidation sites excluding steroid dienone is 4. The average Bonchev–Trinajstić information content (AvgIpc) is 3.42. The fraction of sp³-hybridized carbons (Fsp3) is 0.258. The van der Waals surface area contributed by atoms with Crippen LogP contribution in [0, 0.1) is 12.1 Å². The molecular weight excluding hydrogens is 672 g/mol. The second-order valence-electron chi connectivity index (χ2n) is 10.3. The van der Waals surface area contributed by atoms with E-state index in [1.807, 2.05) is 0 Å². The van der Waals surface area contributed by atoms with Crippen molar-refractivity contribution in [1.29, 1.82) is 0 Å². The van der Waals surface area contributed by atoms with Crippen LogP contribution >= 0.6 is 11.6 Å². The molecule has 0 saturated heterocycles. The lowest BCUT2D eigenvalue weighted by Crippen LogP contribution is -2.29. The highest BCUT2D eigenvalue weighted by atomic mass is 35.5. The van der Waals surface area contributed by atoms with Gasteiger partial charge in [0.05, 0.1) is 46.0 Å². The van der Waals surface area contributed by atoms with Crippen molar-refractivity contribution in [2.24, 2.45) is 5.73 Å². The molecule has 0 bridgehead atoms. The van der Waals surface area contributed by atoms with E-state index in [1.54, 1.807) is 43.1 Å². The van der Waals surface area contributed by atoms with E-state index in [2.05, 4.69) is 18.7 Å². The third-order valence-electron chi connectivity index (χ3n) is 7.23. The summed E-state index contributed by atoms with van der Waals surface area (Å²) in [7, 11) is -4.32. The Hall–Kier alpha value is -4.39. The lowest BCUT2D eigenvalue weighted by molar-refractivity contribution is -0.542. The Morgan fingerprint density at radius 1 is 1.13 bits per heavy atom. The number of rotatable bonds is 9. The van der Waals surface area contributed by atoms with Gasteiger partial charge in [0.25, 0.3) is 15.9 Å². The highest BCUT2D eigenvalue weighted by molar-refractivity contribution is 7.85. The lowest BCUT2D eigenvalue weighted by atomic mass is 10.1. The molecule has 16 heteroatoms. The number of anilines is 2. The summed E-state index contributed by atoms with van der Waals surface area (Å²) >= 11 is 5.99. The van der Waals surface area contributed by atoms with Crippen LogP contribution in [0.4, 0.5) is 37.7 Å². The van der Waals surface area contributed by atoms with Crippen LogP contribution in [0.2, 0.25) is 5.02 Å². The smallest absolute Gasteiger partial charge is 0.358 e. The molecular formula is C31H29ClF6N5O3S+. The summed E-state index contributed by atoms with van der Waals surface area (Å²) in [6.45, 7) is 7.57. The van der Waals surface area contributed by atoms with Crippen LogP contribution in [-0.4, -0.2) is 29.8 Å². The monoisotopic (exact) mass is 700 g/mol. The van der Waals surface area contributed by atoms with E-state index in [0.29, 0.717) is 35.0 Å². The normalized spacial score (nSPS) is 15.1. The summed E-state index contributed by atoms with van der Waals surface area (Å²) in [4.78, 5) is 3.02. The highest BCUT2D eigenvalue weighted by Crippen LogP contribution is 2.47. The van der Waals surface area contributed by atoms with Gasteiger partial charge in [0.2, 0.25) is 0 Å². The Morgan fingerprint density at radius 2 is 1.83 bits per heavy atom. The van der Waals surface area contributed by atoms with Crippen LogP contribution in [0.25, 0.3) is 23.3 Å². The number of halogens is 7. The first kappa shape index (κ1) is 35.5. The number of nitrogens with zero attached hydrogens (tertiary/aromatic N) is 4. The van der Waals surface area contributed by atoms with Gasteiger partial charge in [-0.3, -0.25) is 9.45 Å². The minimum Gasteiger partial charge on any atom is -0.358 e. The molecule has 0 atom stereocenters. The molecule has 0 radical (unpaired) electrons. The zero-order valence-electron chi connectivity index (χ0n) is 25.0. The van der Waals surface area contributed by atoms with Gasteiger partial charge in [0, 0.05) is 37.2 Å². The maximum atomic E-state index is 13.6. The largest absolute Gasteiger partial charge is 0.417 e. The molecule has 1 aromatic heterocycles. The van der Waals surface area contributed by atoms with E-state index in [0.717, 1.165) is 18.2 Å². The Bertz CT molecular complexity index is 1990. The van der Waals surface area contributed by atoms with Crippen LogP contribution in [0.5, 0.6) is 0 Å². The molecule has 47 heavy (non-hydrogen) atoms. The minimum absolute atomic E-state index is 0.0517. The number of fused-ring (bicyclic) bond motifs is 2. The van der Waals surface area contributed by atoms with Gasteiger partial charge in [-0.05, 0) is 44.2 Å². The van der Waals surface area contributed by atoms with Gasteiger partial charge >= 0.3 is 12.4 Å². The number of benzene rings is 2. The predicted molar refractivity (Wildman–Crippen MR) is 169 cm³/mol. The zero-order chi connectivity index (χ0) is 34.9. The van der Waals surface area contributed by atoms with Gasteiger partial charge in [-0.15, -0.1) is 0 Å². The number of aryl methyl sites for hydroxylation is 1. The van der Waals surface area contributed by atoms with Crippen LogP contribution in [0.15, 0.2) is 66.5 Å². The molecule has 3 aromatic rings. The van der Waals surface area contributed by atoms with Crippen molar-refractivity contribution < 1.29 is 43.9 Å². The summed E-state index contributed by atoms with van der Waals surface area (Å²) in [5.74, 6) is 0.144. The lowest BCUT2D eigenvalue weighted by Gasteiger charge is -2.20. The van der Waals surface area contributed by atoms with Crippen LogP contribution in [0.1, 0.15) is 37.2 Å². The first-order valence-corrected chi connectivity index (χ1v) is 15.9. The van der Waals surface area contributed by atoms with Crippen molar-refractivity contribution in [2.75, 3.05) is 22.1 Å². The van der Waals surface area contributed by atoms with Crippen molar-refractivity contribution in [1.82, 2.24) is 4.57 Å². The molecule has 2 aromatic carbocycles. The molecule has 0 unspecified atom stereocenters. The summed E-state index contributed by atoms with van der Waals surface area (Å²) < 4.78 is 116. The molecule has 8 nitrogen and oxygen atoms in total. The third-order valence-corrected chi connectivity index (χ3v) is 8.35. The molecule has 3 N–H and O–H groups in total. The Kier molecular flexibility index (Phi) is 10.1. The van der Waals surface area contributed by atoms with Crippen molar-refractivity contribution in [3.8, 4) is 12.1 Å². The molecule has 0 saturated carbocycles.